The average Bonchev–Trinajstić information content (AvgIpc) is 2.27. The Morgan fingerprint density at radius 1 is 1.41 bits per heavy atom. The lowest BCUT2D eigenvalue weighted by Crippen LogP contribution is -2.53. The molecule has 0 unspecified atom stereocenters. The molecule has 1 aliphatic heterocycles. The maximum absolute atomic E-state index is 4.10. The van der Waals surface area contributed by atoms with Crippen LogP contribution in [-0.2, 0) is 6.54 Å². The van der Waals surface area contributed by atoms with E-state index in [9.17, 15) is 0 Å². The molecule has 3 nitrogen and oxygen atoms in total. The zero-order valence-corrected chi connectivity index (χ0v) is 10.9. The van der Waals surface area contributed by atoms with E-state index in [0.29, 0.717) is 5.41 Å². The van der Waals surface area contributed by atoms with Crippen molar-refractivity contribution in [2.45, 2.75) is 26.8 Å². The minimum absolute atomic E-state index is 0.559. The summed E-state index contributed by atoms with van der Waals surface area (Å²) in [5.41, 5.74) is 1.82. The third-order valence-corrected chi connectivity index (χ3v) is 3.18. The van der Waals surface area contributed by atoms with Crippen LogP contribution in [0.15, 0.2) is 24.5 Å². The predicted octanol–water partition coefficient (Wildman–Crippen LogP) is 1.90. The second kappa shape index (κ2) is 5.61. The van der Waals surface area contributed by atoms with Crippen molar-refractivity contribution in [3.8, 4) is 0 Å². The molecule has 0 spiro atoms. The van der Waals surface area contributed by atoms with E-state index in [0.717, 1.165) is 13.1 Å². The fourth-order valence-electron chi connectivity index (χ4n) is 2.49. The molecule has 1 aromatic heterocycles. The van der Waals surface area contributed by atoms with Gasteiger partial charge in [0.05, 0.1) is 0 Å². The molecule has 0 radical (unpaired) electrons. The summed E-state index contributed by atoms with van der Waals surface area (Å²) in [7, 11) is 0. The van der Waals surface area contributed by atoms with Crippen LogP contribution in [0.2, 0.25) is 0 Å². The fraction of sp³-hybridized carbons (Fsp3) is 0.643. The number of hydrogen-bond donors (Lipinski definition) is 1. The van der Waals surface area contributed by atoms with Crippen molar-refractivity contribution in [1.82, 2.24) is 15.2 Å². The highest BCUT2D eigenvalue weighted by Gasteiger charge is 2.32. The summed E-state index contributed by atoms with van der Waals surface area (Å²) in [6.45, 7) is 10.4. The Labute approximate surface area is 104 Å². The molecule has 0 atom stereocenters. The molecule has 1 aliphatic rings. The zero-order valence-electron chi connectivity index (χ0n) is 10.9. The molecule has 2 heterocycles. The summed E-state index contributed by atoms with van der Waals surface area (Å²) >= 11 is 0. The van der Waals surface area contributed by atoms with Gasteiger partial charge in [-0.25, -0.2) is 0 Å². The first-order chi connectivity index (χ1) is 8.16. The second-order valence-electron chi connectivity index (χ2n) is 5.77. The third-order valence-electron chi connectivity index (χ3n) is 3.18. The van der Waals surface area contributed by atoms with Gasteiger partial charge in [0, 0.05) is 32.0 Å². The lowest BCUT2D eigenvalue weighted by atomic mass is 9.84. The van der Waals surface area contributed by atoms with Crippen molar-refractivity contribution in [3.05, 3.63) is 30.1 Å². The third kappa shape index (κ3) is 4.10. The van der Waals surface area contributed by atoms with Gasteiger partial charge in [0.1, 0.15) is 0 Å². The van der Waals surface area contributed by atoms with Crippen LogP contribution in [0.5, 0.6) is 0 Å². The van der Waals surface area contributed by atoms with Gasteiger partial charge in [0.15, 0.2) is 0 Å². The van der Waals surface area contributed by atoms with Gasteiger partial charge in [-0.3, -0.25) is 4.98 Å². The Hall–Kier alpha value is -0.930. The van der Waals surface area contributed by atoms with Crippen LogP contribution >= 0.6 is 0 Å². The number of aromatic nitrogens is 1. The highest BCUT2D eigenvalue weighted by molar-refractivity contribution is 5.07. The van der Waals surface area contributed by atoms with Crippen molar-refractivity contribution in [3.63, 3.8) is 0 Å². The lowest BCUT2D eigenvalue weighted by Gasteiger charge is -2.46. The van der Waals surface area contributed by atoms with Crippen molar-refractivity contribution < 1.29 is 0 Å². The molecule has 1 fully saturated rings. The standard InChI is InChI=1S/C14H23N3/c1-14(2)11-17(12-14)8-4-7-16-10-13-5-3-6-15-9-13/h3,5-6,9,16H,4,7-8,10-12H2,1-2H3. The molecule has 1 saturated heterocycles. The van der Waals surface area contributed by atoms with E-state index in [1.54, 1.807) is 0 Å². The minimum Gasteiger partial charge on any atom is -0.313 e. The maximum Gasteiger partial charge on any atom is 0.0312 e. The first kappa shape index (κ1) is 12.5. The van der Waals surface area contributed by atoms with Gasteiger partial charge in [0.25, 0.3) is 0 Å². The summed E-state index contributed by atoms with van der Waals surface area (Å²) in [6.07, 6.45) is 4.97. The van der Waals surface area contributed by atoms with Crippen molar-refractivity contribution in [2.75, 3.05) is 26.2 Å². The molecule has 0 amide bonds. The molecule has 0 aliphatic carbocycles. The van der Waals surface area contributed by atoms with Crippen LogP contribution in [-0.4, -0.2) is 36.1 Å². The Kier molecular flexibility index (Phi) is 4.13. The first-order valence-corrected chi connectivity index (χ1v) is 6.48. The largest absolute Gasteiger partial charge is 0.313 e. The molecule has 3 heteroatoms. The molecule has 1 N–H and O–H groups in total. The number of hydrogen-bond acceptors (Lipinski definition) is 3. The topological polar surface area (TPSA) is 28.2 Å². The van der Waals surface area contributed by atoms with Crippen LogP contribution in [0.4, 0.5) is 0 Å². The molecule has 2 rings (SSSR count). The summed E-state index contributed by atoms with van der Waals surface area (Å²) in [5.74, 6) is 0. The van der Waals surface area contributed by atoms with Gasteiger partial charge >= 0.3 is 0 Å². The van der Waals surface area contributed by atoms with E-state index < -0.39 is 0 Å². The van der Waals surface area contributed by atoms with E-state index in [1.165, 1.54) is 31.6 Å². The number of nitrogens with zero attached hydrogens (tertiary/aromatic N) is 2. The average molecular weight is 233 g/mol. The van der Waals surface area contributed by atoms with E-state index in [-0.39, 0.29) is 0 Å². The minimum atomic E-state index is 0.559. The summed E-state index contributed by atoms with van der Waals surface area (Å²) in [6, 6.07) is 4.09. The number of rotatable bonds is 6. The van der Waals surface area contributed by atoms with Crippen LogP contribution in [0, 0.1) is 5.41 Å². The smallest absolute Gasteiger partial charge is 0.0312 e. The monoisotopic (exact) mass is 233 g/mol. The van der Waals surface area contributed by atoms with Crippen molar-refractivity contribution in [2.24, 2.45) is 5.41 Å². The van der Waals surface area contributed by atoms with E-state index in [4.69, 9.17) is 0 Å². The summed E-state index contributed by atoms with van der Waals surface area (Å²) < 4.78 is 0. The molecule has 1 aromatic rings. The molecule has 17 heavy (non-hydrogen) atoms. The van der Waals surface area contributed by atoms with Gasteiger partial charge < -0.3 is 10.2 Å². The normalized spacial score (nSPS) is 18.9. The Morgan fingerprint density at radius 3 is 2.88 bits per heavy atom. The van der Waals surface area contributed by atoms with E-state index in [1.807, 2.05) is 18.5 Å². The molecule has 0 bridgehead atoms. The van der Waals surface area contributed by atoms with Crippen molar-refractivity contribution in [1.29, 1.82) is 0 Å². The summed E-state index contributed by atoms with van der Waals surface area (Å²) in [4.78, 5) is 6.64. The van der Waals surface area contributed by atoms with Crippen LogP contribution in [0.1, 0.15) is 25.8 Å². The van der Waals surface area contributed by atoms with Crippen molar-refractivity contribution >= 4 is 0 Å². The fourth-order valence-corrected chi connectivity index (χ4v) is 2.49. The molecule has 94 valence electrons. The van der Waals surface area contributed by atoms with Gasteiger partial charge in [0.2, 0.25) is 0 Å². The first-order valence-electron chi connectivity index (χ1n) is 6.48. The number of likely N-dealkylation sites (tertiary alicyclic amines) is 1. The molecule has 0 saturated carbocycles. The van der Waals surface area contributed by atoms with Gasteiger partial charge in [-0.15, -0.1) is 0 Å². The van der Waals surface area contributed by atoms with Gasteiger partial charge in [-0.05, 0) is 36.6 Å². The maximum atomic E-state index is 4.10. The Balaban J connectivity index is 1.50. The molecular weight excluding hydrogens is 210 g/mol. The highest BCUT2D eigenvalue weighted by Crippen LogP contribution is 2.28. The number of pyridine rings is 1. The zero-order chi connectivity index (χ0) is 12.1. The second-order valence-corrected chi connectivity index (χ2v) is 5.77. The Bertz CT molecular complexity index is 327. The van der Waals surface area contributed by atoms with Gasteiger partial charge in [-0.2, -0.15) is 0 Å². The van der Waals surface area contributed by atoms with Crippen LogP contribution < -0.4 is 5.32 Å². The van der Waals surface area contributed by atoms with Gasteiger partial charge in [-0.1, -0.05) is 19.9 Å². The molecular formula is C14H23N3. The van der Waals surface area contributed by atoms with Crippen LogP contribution in [0.3, 0.4) is 0 Å². The van der Waals surface area contributed by atoms with E-state index in [2.05, 4.69) is 35.1 Å². The van der Waals surface area contributed by atoms with Crippen LogP contribution in [0.25, 0.3) is 0 Å². The quantitative estimate of drug-likeness (QED) is 0.761. The number of nitrogens with one attached hydrogen (secondary N) is 1. The predicted molar refractivity (Wildman–Crippen MR) is 70.8 cm³/mol. The Morgan fingerprint density at radius 2 is 2.24 bits per heavy atom. The highest BCUT2D eigenvalue weighted by atomic mass is 15.2. The molecule has 0 aromatic carbocycles. The van der Waals surface area contributed by atoms with E-state index >= 15 is 0 Å². The summed E-state index contributed by atoms with van der Waals surface area (Å²) in [5, 5.41) is 3.46. The SMILES string of the molecule is CC1(C)CN(CCCNCc2cccnc2)C1. The lowest BCUT2D eigenvalue weighted by molar-refractivity contribution is 0.0306.